The number of benzene rings is 1. The summed E-state index contributed by atoms with van der Waals surface area (Å²) < 4.78 is 81.5. The van der Waals surface area contributed by atoms with Crippen LogP contribution >= 0.6 is 0 Å². The number of amides is 1. The van der Waals surface area contributed by atoms with Crippen molar-refractivity contribution in [3.8, 4) is 5.75 Å². The van der Waals surface area contributed by atoms with E-state index in [1.54, 1.807) is 0 Å². The first-order valence-corrected chi connectivity index (χ1v) is 8.16. The SMILES string of the molecule is C[C@H](C(=O)Nc1cc(OCC(F)F)cc([N+](=O)[O-])c1)n1nc(C(F)F)cc1C(F)F. The average Bonchev–Trinajstić information content (AvgIpc) is 3.11. The first kappa shape index (κ1) is 23.0. The van der Waals surface area contributed by atoms with E-state index in [2.05, 4.69) is 10.4 Å². The standard InChI is InChI=1S/C16H14F6N4O4/c1-7(25-12(15(21)22)5-11(24-25)14(19)20)16(27)23-8-2-9(26(28)29)4-10(3-8)30-6-13(17)18/h2-5,7,13-15H,6H2,1H3,(H,23,27)/t7-/m1/s1. The number of hydrogen-bond donors (Lipinski definition) is 1. The maximum Gasteiger partial charge on any atom is 0.282 e. The molecule has 1 amide bonds. The molecule has 164 valence electrons. The van der Waals surface area contributed by atoms with Crippen LogP contribution in [0.1, 0.15) is 37.2 Å². The topological polar surface area (TPSA) is 99.3 Å². The quantitative estimate of drug-likeness (QED) is 0.351. The molecule has 1 heterocycles. The number of hydrogen-bond acceptors (Lipinski definition) is 5. The third-order valence-corrected chi connectivity index (χ3v) is 3.72. The molecule has 1 N–H and O–H groups in total. The van der Waals surface area contributed by atoms with Crippen LogP contribution in [0.25, 0.3) is 0 Å². The van der Waals surface area contributed by atoms with Crippen LogP contribution in [0.4, 0.5) is 37.7 Å². The van der Waals surface area contributed by atoms with Crippen LogP contribution in [0.2, 0.25) is 0 Å². The van der Waals surface area contributed by atoms with Gasteiger partial charge in [-0.05, 0) is 13.0 Å². The van der Waals surface area contributed by atoms with Crippen molar-refractivity contribution in [1.82, 2.24) is 9.78 Å². The summed E-state index contributed by atoms with van der Waals surface area (Å²) in [7, 11) is 0. The van der Waals surface area contributed by atoms with Gasteiger partial charge in [0.25, 0.3) is 25.0 Å². The highest BCUT2D eigenvalue weighted by Crippen LogP contribution is 2.29. The van der Waals surface area contributed by atoms with E-state index in [1.165, 1.54) is 0 Å². The minimum absolute atomic E-state index is 0.259. The van der Waals surface area contributed by atoms with E-state index in [0.717, 1.165) is 25.1 Å². The molecule has 0 fully saturated rings. The molecule has 1 aromatic carbocycles. The lowest BCUT2D eigenvalue weighted by Gasteiger charge is -2.16. The van der Waals surface area contributed by atoms with Crippen molar-refractivity contribution in [2.45, 2.75) is 32.2 Å². The Morgan fingerprint density at radius 3 is 2.37 bits per heavy atom. The van der Waals surface area contributed by atoms with Gasteiger partial charge in [-0.1, -0.05) is 0 Å². The zero-order valence-corrected chi connectivity index (χ0v) is 15.1. The van der Waals surface area contributed by atoms with E-state index in [4.69, 9.17) is 4.74 Å². The molecule has 1 aromatic heterocycles. The van der Waals surface area contributed by atoms with Gasteiger partial charge in [-0.2, -0.15) is 5.10 Å². The zero-order chi connectivity index (χ0) is 22.6. The van der Waals surface area contributed by atoms with Crippen LogP contribution < -0.4 is 10.1 Å². The minimum atomic E-state index is -3.20. The number of non-ortho nitro benzene ring substituents is 1. The van der Waals surface area contributed by atoms with Crippen molar-refractivity contribution in [3.63, 3.8) is 0 Å². The van der Waals surface area contributed by atoms with E-state index in [1.807, 2.05) is 0 Å². The highest BCUT2D eigenvalue weighted by Gasteiger charge is 2.27. The fraction of sp³-hybridized carbons (Fsp3) is 0.375. The van der Waals surface area contributed by atoms with Crippen LogP contribution in [0.5, 0.6) is 5.75 Å². The second kappa shape index (κ2) is 9.45. The Morgan fingerprint density at radius 1 is 1.17 bits per heavy atom. The van der Waals surface area contributed by atoms with Gasteiger partial charge in [-0.15, -0.1) is 0 Å². The van der Waals surface area contributed by atoms with Gasteiger partial charge in [0.2, 0.25) is 5.91 Å². The summed E-state index contributed by atoms with van der Waals surface area (Å²) in [4.78, 5) is 22.5. The van der Waals surface area contributed by atoms with Gasteiger partial charge in [-0.25, -0.2) is 26.3 Å². The van der Waals surface area contributed by atoms with Gasteiger partial charge in [0.1, 0.15) is 29.8 Å². The molecule has 1 atom stereocenters. The molecule has 0 unspecified atom stereocenters. The van der Waals surface area contributed by atoms with Crippen LogP contribution in [-0.4, -0.2) is 33.6 Å². The molecule has 0 bridgehead atoms. The Balaban J connectivity index is 2.29. The molecule has 2 rings (SSSR count). The van der Waals surface area contributed by atoms with Crippen molar-refractivity contribution >= 4 is 17.3 Å². The number of nitrogens with one attached hydrogen (secondary N) is 1. The van der Waals surface area contributed by atoms with Crippen molar-refractivity contribution in [2.75, 3.05) is 11.9 Å². The Kier molecular flexibility index (Phi) is 7.24. The second-order valence-electron chi connectivity index (χ2n) is 5.88. The third kappa shape index (κ3) is 5.61. The third-order valence-electron chi connectivity index (χ3n) is 3.72. The smallest absolute Gasteiger partial charge is 0.282 e. The Bertz CT molecular complexity index is 921. The highest BCUT2D eigenvalue weighted by atomic mass is 19.3. The van der Waals surface area contributed by atoms with Crippen LogP contribution in [0.3, 0.4) is 0 Å². The van der Waals surface area contributed by atoms with Crippen molar-refractivity contribution in [3.05, 3.63) is 45.8 Å². The number of anilines is 1. The predicted octanol–water partition coefficient (Wildman–Crippen LogP) is 4.51. The lowest BCUT2D eigenvalue weighted by atomic mass is 10.2. The van der Waals surface area contributed by atoms with E-state index in [0.29, 0.717) is 10.7 Å². The second-order valence-corrected chi connectivity index (χ2v) is 5.88. The molecule has 0 saturated heterocycles. The number of aromatic nitrogens is 2. The normalized spacial score (nSPS) is 12.5. The number of ether oxygens (including phenoxy) is 1. The summed E-state index contributed by atoms with van der Waals surface area (Å²) in [6, 6.07) is 1.68. The molecule has 14 heteroatoms. The van der Waals surface area contributed by atoms with Gasteiger partial charge >= 0.3 is 0 Å². The molecule has 0 radical (unpaired) electrons. The van der Waals surface area contributed by atoms with Crippen LogP contribution in [0.15, 0.2) is 24.3 Å². The first-order chi connectivity index (χ1) is 14.0. The summed E-state index contributed by atoms with van der Waals surface area (Å²) in [5.74, 6) is -1.37. The lowest BCUT2D eigenvalue weighted by molar-refractivity contribution is -0.384. The highest BCUT2D eigenvalue weighted by molar-refractivity contribution is 5.94. The summed E-state index contributed by atoms with van der Waals surface area (Å²) in [5.41, 5.74) is -2.74. The van der Waals surface area contributed by atoms with Crippen LogP contribution in [0, 0.1) is 10.1 Å². The maximum absolute atomic E-state index is 13.1. The molecule has 0 saturated carbocycles. The number of rotatable bonds is 9. The van der Waals surface area contributed by atoms with Gasteiger partial charge in [0.15, 0.2) is 0 Å². The molecule has 30 heavy (non-hydrogen) atoms. The first-order valence-electron chi connectivity index (χ1n) is 8.16. The number of carbonyl (C=O) groups is 1. The Morgan fingerprint density at radius 2 is 1.83 bits per heavy atom. The summed E-state index contributed by atoms with van der Waals surface area (Å²) >= 11 is 0. The average molecular weight is 440 g/mol. The molecule has 0 aliphatic carbocycles. The van der Waals surface area contributed by atoms with Gasteiger partial charge < -0.3 is 10.1 Å². The summed E-state index contributed by atoms with van der Waals surface area (Å²) in [5, 5.41) is 16.5. The van der Waals surface area contributed by atoms with Crippen molar-refractivity contribution in [1.29, 1.82) is 0 Å². The van der Waals surface area contributed by atoms with E-state index in [9.17, 15) is 41.3 Å². The minimum Gasteiger partial charge on any atom is -0.487 e. The number of carbonyl (C=O) groups excluding carboxylic acids is 1. The molecule has 8 nitrogen and oxygen atoms in total. The Labute approximate surface area is 164 Å². The summed E-state index contributed by atoms with van der Waals surface area (Å²) in [6.45, 7) is 0.0292. The Hall–Kier alpha value is -3.32. The fourth-order valence-corrected chi connectivity index (χ4v) is 2.37. The number of alkyl halides is 6. The maximum atomic E-state index is 13.1. The van der Waals surface area contributed by atoms with Crippen molar-refractivity contribution < 1.29 is 40.8 Å². The predicted molar refractivity (Wildman–Crippen MR) is 90.1 cm³/mol. The van der Waals surface area contributed by atoms with E-state index in [-0.39, 0.29) is 11.4 Å². The number of nitro benzene ring substituents is 1. The molecule has 0 spiro atoms. The largest absolute Gasteiger partial charge is 0.487 e. The monoisotopic (exact) mass is 440 g/mol. The molecular formula is C16H14F6N4O4. The van der Waals surface area contributed by atoms with Gasteiger partial charge in [-0.3, -0.25) is 19.6 Å². The van der Waals surface area contributed by atoms with E-state index < -0.39 is 59.8 Å². The fourth-order valence-electron chi connectivity index (χ4n) is 2.37. The molecule has 2 aromatic rings. The van der Waals surface area contributed by atoms with Crippen LogP contribution in [-0.2, 0) is 4.79 Å². The zero-order valence-electron chi connectivity index (χ0n) is 15.1. The van der Waals surface area contributed by atoms with Gasteiger partial charge in [0, 0.05) is 12.1 Å². The van der Waals surface area contributed by atoms with E-state index >= 15 is 0 Å². The number of nitrogens with zero attached hydrogens (tertiary/aromatic N) is 3. The number of halogens is 6. The molecular weight excluding hydrogens is 426 g/mol. The van der Waals surface area contributed by atoms with Crippen molar-refractivity contribution in [2.24, 2.45) is 0 Å². The summed E-state index contributed by atoms with van der Waals surface area (Å²) in [6.07, 6.45) is -9.21. The molecule has 0 aliphatic heterocycles. The lowest BCUT2D eigenvalue weighted by Crippen LogP contribution is -2.26. The molecule has 0 aliphatic rings. The van der Waals surface area contributed by atoms with Gasteiger partial charge in [0.05, 0.1) is 16.7 Å². The number of nitro groups is 1.